The summed E-state index contributed by atoms with van der Waals surface area (Å²) < 4.78 is 13.1. The minimum absolute atomic E-state index is 0.155. The lowest BCUT2D eigenvalue weighted by atomic mass is 9.48. The number of carboxylic acids is 1. The standard InChI is InChI=1S/C27H32N2O5/c1-29-13-12-26-22-17-8-9-20(30)23(22)34-24(26)18(10-11-27(26,33-2)21(29)15-17)28-19(25(31)32)14-16-6-4-3-5-7-16/h3-9,18-19,21,24,28,30H,10-15H2,1-2H3,(H,31,32)/t18-,19-,21+,24-,26-,27+/m0/s1. The van der Waals surface area contributed by atoms with E-state index in [1.54, 1.807) is 13.2 Å². The van der Waals surface area contributed by atoms with Crippen LogP contribution in [0.1, 0.15) is 36.0 Å². The van der Waals surface area contributed by atoms with Gasteiger partial charge < -0.3 is 24.6 Å². The molecule has 1 saturated carbocycles. The molecular formula is C27H32N2O5. The first-order chi connectivity index (χ1) is 16.4. The lowest BCUT2D eigenvalue weighted by molar-refractivity contribution is -0.204. The van der Waals surface area contributed by atoms with Crippen LogP contribution in [0.3, 0.4) is 0 Å². The highest BCUT2D eigenvalue weighted by atomic mass is 16.5. The summed E-state index contributed by atoms with van der Waals surface area (Å²) in [6.07, 6.45) is 3.34. The predicted molar refractivity (Wildman–Crippen MR) is 126 cm³/mol. The summed E-state index contributed by atoms with van der Waals surface area (Å²) in [5.41, 5.74) is 2.42. The summed E-state index contributed by atoms with van der Waals surface area (Å²) in [5, 5.41) is 24.3. The molecule has 2 heterocycles. The lowest BCUT2D eigenvalue weighted by Crippen LogP contribution is -2.78. The highest BCUT2D eigenvalue weighted by Gasteiger charge is 2.73. The normalized spacial score (nSPS) is 34.2. The fourth-order valence-corrected chi connectivity index (χ4v) is 7.64. The number of nitrogens with one attached hydrogen (secondary N) is 1. The van der Waals surface area contributed by atoms with E-state index in [0.29, 0.717) is 12.2 Å². The smallest absolute Gasteiger partial charge is 0.321 e. The number of methoxy groups -OCH3 is 1. The zero-order valence-corrected chi connectivity index (χ0v) is 19.7. The van der Waals surface area contributed by atoms with Crippen LogP contribution in [-0.2, 0) is 27.8 Å². The summed E-state index contributed by atoms with van der Waals surface area (Å²) in [6.45, 7) is 0.906. The molecule has 0 aromatic heterocycles. The summed E-state index contributed by atoms with van der Waals surface area (Å²) >= 11 is 0. The molecule has 6 rings (SSSR count). The molecule has 7 heteroatoms. The minimum Gasteiger partial charge on any atom is -0.504 e. The van der Waals surface area contributed by atoms with E-state index in [1.165, 1.54) is 5.56 Å². The van der Waals surface area contributed by atoms with Gasteiger partial charge in [-0.3, -0.25) is 10.1 Å². The maximum absolute atomic E-state index is 12.3. The number of ether oxygens (including phenoxy) is 2. The van der Waals surface area contributed by atoms with Crippen LogP contribution in [0.5, 0.6) is 11.5 Å². The second kappa shape index (κ2) is 7.70. The number of carboxylic acid groups (broad SMARTS) is 1. The fraction of sp³-hybridized carbons (Fsp3) is 0.519. The highest BCUT2D eigenvalue weighted by Crippen LogP contribution is 2.66. The fourth-order valence-electron chi connectivity index (χ4n) is 7.64. The van der Waals surface area contributed by atoms with Crippen LogP contribution in [-0.4, -0.2) is 71.6 Å². The molecule has 0 amide bonds. The molecule has 7 nitrogen and oxygen atoms in total. The molecule has 6 atom stereocenters. The summed E-state index contributed by atoms with van der Waals surface area (Å²) in [4.78, 5) is 14.7. The molecule has 2 aliphatic heterocycles. The van der Waals surface area contributed by atoms with Crippen molar-refractivity contribution in [2.24, 2.45) is 0 Å². The first-order valence-electron chi connectivity index (χ1n) is 12.2. The van der Waals surface area contributed by atoms with Gasteiger partial charge in [0.1, 0.15) is 12.1 Å². The molecule has 2 aliphatic carbocycles. The van der Waals surface area contributed by atoms with Crippen LogP contribution in [0.4, 0.5) is 0 Å². The van der Waals surface area contributed by atoms with Crippen molar-refractivity contribution in [3.63, 3.8) is 0 Å². The number of aromatic hydroxyl groups is 1. The van der Waals surface area contributed by atoms with Gasteiger partial charge >= 0.3 is 5.97 Å². The second-order valence-electron chi connectivity index (χ2n) is 10.4. The van der Waals surface area contributed by atoms with Gasteiger partial charge in [0.05, 0.1) is 11.0 Å². The van der Waals surface area contributed by atoms with Crippen LogP contribution in [0.15, 0.2) is 42.5 Å². The van der Waals surface area contributed by atoms with Crippen molar-refractivity contribution in [2.45, 2.75) is 67.3 Å². The Morgan fingerprint density at radius 2 is 2.06 bits per heavy atom. The largest absolute Gasteiger partial charge is 0.504 e. The van der Waals surface area contributed by atoms with Gasteiger partial charge in [-0.1, -0.05) is 36.4 Å². The number of piperidine rings is 1. The average Bonchev–Trinajstić information content (AvgIpc) is 3.20. The second-order valence-corrected chi connectivity index (χ2v) is 10.4. The van der Waals surface area contributed by atoms with Gasteiger partial charge in [-0.05, 0) is 62.9 Å². The number of phenols is 1. The van der Waals surface area contributed by atoms with E-state index in [-0.39, 0.29) is 23.9 Å². The molecule has 2 aromatic rings. The molecule has 2 bridgehead atoms. The van der Waals surface area contributed by atoms with Crippen molar-refractivity contribution >= 4 is 5.97 Å². The van der Waals surface area contributed by atoms with Crippen LogP contribution in [0, 0.1) is 0 Å². The van der Waals surface area contributed by atoms with Gasteiger partial charge in [0.25, 0.3) is 0 Å². The number of hydrogen-bond acceptors (Lipinski definition) is 6. The third-order valence-electron chi connectivity index (χ3n) is 9.05. The van der Waals surface area contributed by atoms with Crippen molar-refractivity contribution in [3.05, 3.63) is 59.2 Å². The van der Waals surface area contributed by atoms with E-state index in [0.717, 1.165) is 43.4 Å². The zero-order valence-electron chi connectivity index (χ0n) is 19.7. The lowest BCUT2D eigenvalue weighted by Gasteiger charge is -2.65. The van der Waals surface area contributed by atoms with Gasteiger partial charge in [0, 0.05) is 24.8 Å². The molecular weight excluding hydrogens is 432 g/mol. The first-order valence-corrected chi connectivity index (χ1v) is 12.2. The Morgan fingerprint density at radius 3 is 2.79 bits per heavy atom. The van der Waals surface area contributed by atoms with Crippen molar-refractivity contribution < 1.29 is 24.5 Å². The third-order valence-corrected chi connectivity index (χ3v) is 9.05. The van der Waals surface area contributed by atoms with Gasteiger partial charge in [-0.2, -0.15) is 0 Å². The summed E-state index contributed by atoms with van der Waals surface area (Å²) in [5.74, 6) is -0.146. The van der Waals surface area contributed by atoms with E-state index in [4.69, 9.17) is 9.47 Å². The maximum atomic E-state index is 12.3. The number of phenolic OH excluding ortho intramolecular Hbond substituents is 1. The predicted octanol–water partition coefficient (Wildman–Crippen LogP) is 2.48. The van der Waals surface area contributed by atoms with Crippen molar-refractivity contribution in [3.8, 4) is 11.5 Å². The Hall–Kier alpha value is -2.61. The SMILES string of the molecule is CO[C@@]12CC[C@H](N[C@@H](Cc3ccccc3)C(=O)O)[C@@H]3Oc4c(O)ccc5c4[C@@]31CCN(C)[C@@H]2C5. The topological polar surface area (TPSA) is 91.3 Å². The van der Waals surface area contributed by atoms with Crippen LogP contribution in [0.25, 0.3) is 0 Å². The number of benzene rings is 2. The summed E-state index contributed by atoms with van der Waals surface area (Å²) in [6, 6.07) is 12.8. The molecule has 1 spiro atoms. The number of aliphatic carboxylic acids is 1. The number of likely N-dealkylation sites (tertiary alicyclic amines) is 1. The molecule has 1 saturated heterocycles. The Kier molecular flexibility index (Phi) is 4.96. The van der Waals surface area contributed by atoms with Gasteiger partial charge in [0.15, 0.2) is 11.5 Å². The monoisotopic (exact) mass is 464 g/mol. The number of rotatable bonds is 6. The first kappa shape index (κ1) is 21.9. The average molecular weight is 465 g/mol. The molecule has 3 N–H and O–H groups in total. The summed E-state index contributed by atoms with van der Waals surface area (Å²) in [7, 11) is 3.97. The molecule has 0 unspecified atom stereocenters. The minimum atomic E-state index is -0.867. The van der Waals surface area contributed by atoms with Crippen molar-refractivity contribution in [2.75, 3.05) is 20.7 Å². The van der Waals surface area contributed by atoms with E-state index >= 15 is 0 Å². The molecule has 34 heavy (non-hydrogen) atoms. The molecule has 2 aromatic carbocycles. The molecule has 4 aliphatic rings. The van der Waals surface area contributed by atoms with Gasteiger partial charge in [-0.25, -0.2) is 0 Å². The van der Waals surface area contributed by atoms with E-state index in [2.05, 4.69) is 17.3 Å². The van der Waals surface area contributed by atoms with Gasteiger partial charge in [0.2, 0.25) is 0 Å². The number of carbonyl (C=O) groups is 1. The van der Waals surface area contributed by atoms with E-state index < -0.39 is 23.0 Å². The number of likely N-dealkylation sites (N-methyl/N-ethyl adjacent to an activating group) is 1. The van der Waals surface area contributed by atoms with Crippen LogP contribution >= 0.6 is 0 Å². The maximum Gasteiger partial charge on any atom is 0.321 e. The van der Waals surface area contributed by atoms with E-state index in [9.17, 15) is 15.0 Å². The van der Waals surface area contributed by atoms with Crippen molar-refractivity contribution in [1.29, 1.82) is 0 Å². The quantitative estimate of drug-likeness (QED) is 0.605. The number of hydrogen-bond donors (Lipinski definition) is 3. The Labute approximate surface area is 199 Å². The Bertz CT molecular complexity index is 1120. The van der Waals surface area contributed by atoms with E-state index in [1.807, 2.05) is 36.4 Å². The molecule has 180 valence electrons. The Balaban J connectivity index is 1.42. The zero-order chi connectivity index (χ0) is 23.7. The molecule has 2 fully saturated rings. The Morgan fingerprint density at radius 1 is 1.26 bits per heavy atom. The number of nitrogens with zero attached hydrogens (tertiary/aromatic N) is 1. The van der Waals surface area contributed by atoms with Gasteiger partial charge in [-0.15, -0.1) is 0 Å². The molecule has 0 radical (unpaired) electrons. The van der Waals surface area contributed by atoms with Crippen LogP contribution < -0.4 is 10.1 Å². The highest BCUT2D eigenvalue weighted by molar-refractivity contribution is 5.74. The third kappa shape index (κ3) is 2.78. The van der Waals surface area contributed by atoms with Crippen molar-refractivity contribution in [1.82, 2.24) is 10.2 Å². The van der Waals surface area contributed by atoms with Crippen LogP contribution in [0.2, 0.25) is 0 Å².